The normalized spacial score (nSPS) is 19.0. The van der Waals surface area contributed by atoms with Gasteiger partial charge in [0.2, 0.25) is 0 Å². The van der Waals surface area contributed by atoms with Gasteiger partial charge < -0.3 is 10.1 Å². The van der Waals surface area contributed by atoms with Gasteiger partial charge in [-0.3, -0.25) is 0 Å². The SMILES string of the molecule is N=S=O.c1ccc2sc(C3CNCCO3)nc2c1. The second-order valence-corrected chi connectivity index (χ2v) is 4.90. The minimum Gasteiger partial charge on any atom is -0.368 e. The molecule has 3 rings (SSSR count). The fraction of sp³-hybridized carbons (Fsp3) is 0.364. The highest BCUT2D eigenvalue weighted by atomic mass is 32.1. The zero-order valence-electron chi connectivity index (χ0n) is 9.59. The number of para-hydroxylation sites is 1. The molecule has 1 atom stereocenters. The van der Waals surface area contributed by atoms with Crippen molar-refractivity contribution in [1.29, 1.82) is 4.78 Å². The molecule has 1 aromatic carbocycles. The zero-order valence-corrected chi connectivity index (χ0v) is 11.2. The maximum absolute atomic E-state index is 8.51. The van der Waals surface area contributed by atoms with Gasteiger partial charge in [0.15, 0.2) is 11.5 Å². The van der Waals surface area contributed by atoms with Gasteiger partial charge in [0.1, 0.15) is 11.1 Å². The number of nitrogens with zero attached hydrogens (tertiary/aromatic N) is 1. The maximum atomic E-state index is 8.51. The Balaban J connectivity index is 0.000000367. The van der Waals surface area contributed by atoms with Crippen molar-refractivity contribution in [2.24, 2.45) is 0 Å². The molecule has 0 radical (unpaired) electrons. The predicted octanol–water partition coefficient (Wildman–Crippen LogP) is 1.92. The molecule has 2 N–H and O–H groups in total. The van der Waals surface area contributed by atoms with Gasteiger partial charge >= 0.3 is 0 Å². The van der Waals surface area contributed by atoms with Crippen LogP contribution in [-0.4, -0.2) is 28.9 Å². The number of ether oxygens (including phenoxy) is 1. The van der Waals surface area contributed by atoms with Crippen LogP contribution in [0, 0.1) is 4.78 Å². The summed E-state index contributed by atoms with van der Waals surface area (Å²) >= 11 is 1.48. The first-order valence-electron chi connectivity index (χ1n) is 5.48. The molecule has 0 bridgehead atoms. The highest BCUT2D eigenvalue weighted by Gasteiger charge is 2.19. The van der Waals surface area contributed by atoms with Crippen molar-refractivity contribution in [2.45, 2.75) is 6.10 Å². The van der Waals surface area contributed by atoms with Crippen LogP contribution in [0.2, 0.25) is 0 Å². The van der Waals surface area contributed by atoms with Gasteiger partial charge in [-0.05, 0) is 12.1 Å². The molecule has 1 aromatic heterocycles. The van der Waals surface area contributed by atoms with Crippen LogP contribution in [0.3, 0.4) is 0 Å². The summed E-state index contributed by atoms with van der Waals surface area (Å²) < 4.78 is 21.0. The first-order chi connectivity index (χ1) is 8.85. The van der Waals surface area contributed by atoms with E-state index in [1.165, 1.54) is 4.70 Å². The van der Waals surface area contributed by atoms with E-state index in [4.69, 9.17) is 13.7 Å². The van der Waals surface area contributed by atoms with Gasteiger partial charge in [0, 0.05) is 13.1 Å². The molecule has 1 saturated heterocycles. The van der Waals surface area contributed by atoms with E-state index in [0.717, 1.165) is 30.2 Å². The molecule has 0 saturated carbocycles. The van der Waals surface area contributed by atoms with Crippen molar-refractivity contribution in [3.8, 4) is 0 Å². The lowest BCUT2D eigenvalue weighted by molar-refractivity contribution is 0.0277. The first kappa shape index (κ1) is 13.3. The molecule has 96 valence electrons. The topological polar surface area (TPSA) is 75.1 Å². The largest absolute Gasteiger partial charge is 0.368 e. The van der Waals surface area contributed by atoms with Crippen molar-refractivity contribution in [1.82, 2.24) is 10.3 Å². The average molecular weight is 283 g/mol. The smallest absolute Gasteiger partial charge is 0.196 e. The number of morpholine rings is 1. The summed E-state index contributed by atoms with van der Waals surface area (Å²) in [6.45, 7) is 2.60. The van der Waals surface area contributed by atoms with Gasteiger partial charge in [0.25, 0.3) is 0 Å². The highest BCUT2D eigenvalue weighted by molar-refractivity contribution is 7.53. The standard InChI is InChI=1S/C11H12N2OS.HNOS/c1-2-4-10-8(3-1)13-11(15-10)9-7-12-5-6-14-9;1-3-2/h1-4,9,12H,5-7H2;1H. The Morgan fingerprint density at radius 2 is 2.28 bits per heavy atom. The van der Waals surface area contributed by atoms with Gasteiger partial charge in [-0.2, -0.15) is 4.21 Å². The van der Waals surface area contributed by atoms with Gasteiger partial charge in [0.05, 0.1) is 16.8 Å². The monoisotopic (exact) mass is 283 g/mol. The molecule has 0 amide bonds. The van der Waals surface area contributed by atoms with E-state index in [1.807, 2.05) is 18.2 Å². The van der Waals surface area contributed by atoms with Crippen LogP contribution in [0.5, 0.6) is 0 Å². The zero-order chi connectivity index (χ0) is 12.8. The molecule has 0 aliphatic carbocycles. The highest BCUT2D eigenvalue weighted by Crippen LogP contribution is 2.28. The van der Waals surface area contributed by atoms with E-state index >= 15 is 0 Å². The van der Waals surface area contributed by atoms with Crippen LogP contribution in [0.1, 0.15) is 11.1 Å². The van der Waals surface area contributed by atoms with Crippen molar-refractivity contribution in [3.63, 3.8) is 0 Å². The summed E-state index contributed by atoms with van der Waals surface area (Å²) in [6.07, 6.45) is 0.135. The van der Waals surface area contributed by atoms with Crippen molar-refractivity contribution >= 4 is 33.0 Å². The molecule has 1 fully saturated rings. The first-order valence-corrected chi connectivity index (χ1v) is 7.04. The average Bonchev–Trinajstić information content (AvgIpc) is 2.84. The fourth-order valence-electron chi connectivity index (χ4n) is 1.75. The number of rotatable bonds is 1. The van der Waals surface area contributed by atoms with Gasteiger partial charge in [-0.25, -0.2) is 9.76 Å². The van der Waals surface area contributed by atoms with E-state index < -0.39 is 0 Å². The Bertz CT molecular complexity index is 513. The molecule has 2 aromatic rings. The lowest BCUT2D eigenvalue weighted by Crippen LogP contribution is -2.33. The molecule has 18 heavy (non-hydrogen) atoms. The molecule has 1 unspecified atom stereocenters. The number of thiazole rings is 1. The van der Waals surface area contributed by atoms with Crippen LogP contribution >= 0.6 is 11.3 Å². The third kappa shape index (κ3) is 3.20. The summed E-state index contributed by atoms with van der Waals surface area (Å²) in [4.78, 5) is 4.59. The number of hydrogen-bond donors (Lipinski definition) is 2. The van der Waals surface area contributed by atoms with Crippen LogP contribution in [0.25, 0.3) is 10.2 Å². The van der Waals surface area contributed by atoms with Crippen LogP contribution in [0.4, 0.5) is 0 Å². The third-order valence-electron chi connectivity index (χ3n) is 2.51. The van der Waals surface area contributed by atoms with Crippen LogP contribution < -0.4 is 5.32 Å². The fourth-order valence-corrected chi connectivity index (χ4v) is 2.77. The molecule has 1 aliphatic rings. The van der Waals surface area contributed by atoms with E-state index in [-0.39, 0.29) is 17.6 Å². The predicted molar refractivity (Wildman–Crippen MR) is 72.0 cm³/mol. The minimum absolute atomic E-state index is 0.135. The number of nitrogens with one attached hydrogen (secondary N) is 2. The van der Waals surface area contributed by atoms with E-state index in [0.29, 0.717) is 0 Å². The molecular weight excluding hydrogens is 270 g/mol. The number of benzene rings is 1. The lowest BCUT2D eigenvalue weighted by atomic mass is 10.3. The Kier molecular flexibility index (Phi) is 4.94. The quantitative estimate of drug-likeness (QED) is 0.838. The Morgan fingerprint density at radius 3 is 2.94 bits per heavy atom. The van der Waals surface area contributed by atoms with Gasteiger partial charge in [-0.1, -0.05) is 12.1 Å². The molecule has 0 spiro atoms. The van der Waals surface area contributed by atoms with E-state index in [9.17, 15) is 0 Å². The number of fused-ring (bicyclic) bond motifs is 1. The Hall–Kier alpha value is -1.15. The lowest BCUT2D eigenvalue weighted by Gasteiger charge is -2.21. The summed E-state index contributed by atoms with van der Waals surface area (Å²) in [5.74, 6) is 0. The van der Waals surface area contributed by atoms with E-state index in [1.54, 1.807) is 11.3 Å². The molecule has 5 nitrogen and oxygen atoms in total. The Labute approximate surface area is 112 Å². The second kappa shape index (κ2) is 6.69. The second-order valence-electron chi connectivity index (χ2n) is 3.67. The third-order valence-corrected chi connectivity index (χ3v) is 3.64. The maximum Gasteiger partial charge on any atom is 0.196 e. The molecule has 7 heteroatoms. The van der Waals surface area contributed by atoms with Crippen molar-refractivity contribution in [2.75, 3.05) is 19.7 Å². The van der Waals surface area contributed by atoms with Gasteiger partial charge in [-0.15, -0.1) is 11.3 Å². The molecule has 2 heterocycles. The number of hydrogen-bond acceptors (Lipinski definition) is 6. The van der Waals surface area contributed by atoms with E-state index in [2.05, 4.69) is 16.4 Å². The Morgan fingerprint density at radius 1 is 1.50 bits per heavy atom. The minimum atomic E-state index is -0.250. The summed E-state index contributed by atoms with van der Waals surface area (Å²) in [5, 5.41) is 4.41. The molecule has 1 aliphatic heterocycles. The van der Waals surface area contributed by atoms with Crippen molar-refractivity contribution < 1.29 is 8.95 Å². The van der Waals surface area contributed by atoms with Crippen LogP contribution in [0.15, 0.2) is 24.3 Å². The summed E-state index contributed by atoms with van der Waals surface area (Å²) in [6, 6.07) is 8.22. The summed E-state index contributed by atoms with van der Waals surface area (Å²) in [5.41, 5.74) is 1.08. The molecular formula is C11H13N3O2S2. The van der Waals surface area contributed by atoms with Crippen LogP contribution in [-0.2, 0) is 16.2 Å². The number of aromatic nitrogens is 1. The van der Waals surface area contributed by atoms with Crippen molar-refractivity contribution in [3.05, 3.63) is 29.3 Å². The summed E-state index contributed by atoms with van der Waals surface area (Å²) in [7, 11) is 0.